The first kappa shape index (κ1) is 13.5. The Morgan fingerprint density at radius 3 is 2.64 bits per heavy atom. The molecule has 4 nitrogen and oxygen atoms in total. The first-order valence-corrected chi connectivity index (χ1v) is 8.20. The Hall–Kier alpha value is -2.14. The fourth-order valence-corrected chi connectivity index (χ4v) is 3.64. The van der Waals surface area contributed by atoms with Crippen LogP contribution in [0.3, 0.4) is 0 Å². The molecule has 1 aliphatic carbocycles. The van der Waals surface area contributed by atoms with Crippen molar-refractivity contribution in [3.8, 4) is 0 Å². The molecular weight excluding hydrogens is 292 g/mol. The average Bonchev–Trinajstić information content (AvgIpc) is 3.34. The molecule has 4 rings (SSSR count). The second-order valence-electron chi connectivity index (χ2n) is 5.55. The van der Waals surface area contributed by atoms with Gasteiger partial charge in [-0.1, -0.05) is 18.2 Å². The molecular formula is C17H16N4S. The fraction of sp³-hybridized carbons (Fsp3) is 0.235. The van der Waals surface area contributed by atoms with Crippen LogP contribution in [0.15, 0.2) is 59.8 Å². The Balaban J connectivity index is 1.45. The van der Waals surface area contributed by atoms with E-state index in [-0.39, 0.29) is 0 Å². The standard InChI is InChI=1S/C17H16N4S/c1-2-4-13(5-3-1)22-17(8-9-17)12-20-15-7-6-14-16(21-15)19-11-10-18-14/h1-7,10-11H,8-9,12H2,(H,19,20,21). The number of benzene rings is 1. The van der Waals surface area contributed by atoms with E-state index in [0.29, 0.717) is 10.4 Å². The lowest BCUT2D eigenvalue weighted by molar-refractivity contribution is 0.937. The minimum Gasteiger partial charge on any atom is -0.369 e. The van der Waals surface area contributed by atoms with E-state index in [4.69, 9.17) is 0 Å². The summed E-state index contributed by atoms with van der Waals surface area (Å²) < 4.78 is 0.306. The molecule has 1 N–H and O–H groups in total. The zero-order valence-corrected chi connectivity index (χ0v) is 12.9. The number of hydrogen-bond acceptors (Lipinski definition) is 5. The van der Waals surface area contributed by atoms with Gasteiger partial charge < -0.3 is 5.32 Å². The van der Waals surface area contributed by atoms with Crippen LogP contribution in [0, 0.1) is 0 Å². The highest BCUT2D eigenvalue weighted by molar-refractivity contribution is 8.01. The molecule has 0 aliphatic heterocycles. The third kappa shape index (κ3) is 2.90. The van der Waals surface area contributed by atoms with E-state index in [1.54, 1.807) is 12.4 Å². The number of rotatable bonds is 5. The molecule has 2 aromatic heterocycles. The van der Waals surface area contributed by atoms with Crippen LogP contribution in [0.2, 0.25) is 0 Å². The number of nitrogens with one attached hydrogen (secondary N) is 1. The van der Waals surface area contributed by atoms with Crippen LogP contribution in [0.25, 0.3) is 11.2 Å². The molecule has 110 valence electrons. The summed E-state index contributed by atoms with van der Waals surface area (Å²) in [6.45, 7) is 0.922. The lowest BCUT2D eigenvalue weighted by atomic mass is 10.3. The molecule has 0 bridgehead atoms. The lowest BCUT2D eigenvalue weighted by Gasteiger charge is -2.16. The van der Waals surface area contributed by atoms with Crippen molar-refractivity contribution in [3.63, 3.8) is 0 Å². The summed E-state index contributed by atoms with van der Waals surface area (Å²) in [5.41, 5.74) is 1.51. The van der Waals surface area contributed by atoms with Gasteiger partial charge >= 0.3 is 0 Å². The smallest absolute Gasteiger partial charge is 0.180 e. The molecule has 1 aromatic carbocycles. The van der Waals surface area contributed by atoms with Crippen LogP contribution in [0.5, 0.6) is 0 Å². The maximum Gasteiger partial charge on any atom is 0.180 e. The molecule has 0 atom stereocenters. The number of anilines is 1. The summed E-state index contributed by atoms with van der Waals surface area (Å²) in [6, 6.07) is 14.5. The predicted molar refractivity (Wildman–Crippen MR) is 90.1 cm³/mol. The van der Waals surface area contributed by atoms with Gasteiger partial charge in [-0.2, -0.15) is 0 Å². The summed E-state index contributed by atoms with van der Waals surface area (Å²) in [6.07, 6.45) is 5.85. The third-order valence-electron chi connectivity index (χ3n) is 3.81. The fourth-order valence-electron chi connectivity index (χ4n) is 2.40. The zero-order valence-electron chi connectivity index (χ0n) is 12.1. The topological polar surface area (TPSA) is 50.7 Å². The minimum atomic E-state index is 0.306. The summed E-state index contributed by atoms with van der Waals surface area (Å²) in [5, 5.41) is 3.46. The Kier molecular flexibility index (Phi) is 3.42. The van der Waals surface area contributed by atoms with E-state index in [0.717, 1.165) is 17.9 Å². The third-order valence-corrected chi connectivity index (χ3v) is 5.30. The molecule has 2 heterocycles. The average molecular weight is 308 g/mol. The van der Waals surface area contributed by atoms with Gasteiger partial charge in [0.1, 0.15) is 11.3 Å². The van der Waals surface area contributed by atoms with Gasteiger partial charge in [-0.25, -0.2) is 9.97 Å². The van der Waals surface area contributed by atoms with E-state index >= 15 is 0 Å². The van der Waals surface area contributed by atoms with Crippen LogP contribution in [0.4, 0.5) is 5.82 Å². The molecule has 1 aliphatic rings. The van der Waals surface area contributed by atoms with Crippen molar-refractivity contribution in [2.24, 2.45) is 0 Å². The summed E-state index contributed by atoms with van der Waals surface area (Å²) in [7, 11) is 0. The van der Waals surface area contributed by atoms with E-state index in [1.807, 2.05) is 23.9 Å². The monoisotopic (exact) mass is 308 g/mol. The maximum absolute atomic E-state index is 4.52. The van der Waals surface area contributed by atoms with Gasteiger partial charge in [0.15, 0.2) is 5.65 Å². The Bertz CT molecular complexity index is 787. The van der Waals surface area contributed by atoms with Crippen molar-refractivity contribution in [1.82, 2.24) is 15.0 Å². The lowest BCUT2D eigenvalue weighted by Crippen LogP contribution is -2.18. The molecule has 22 heavy (non-hydrogen) atoms. The Morgan fingerprint density at radius 2 is 1.82 bits per heavy atom. The molecule has 5 heteroatoms. The van der Waals surface area contributed by atoms with Crippen molar-refractivity contribution < 1.29 is 0 Å². The van der Waals surface area contributed by atoms with Gasteiger partial charge in [0, 0.05) is 28.6 Å². The normalized spacial score (nSPS) is 15.6. The van der Waals surface area contributed by atoms with E-state index in [1.165, 1.54) is 17.7 Å². The Labute approximate surface area is 133 Å². The quantitative estimate of drug-likeness (QED) is 0.777. The summed E-state index contributed by atoms with van der Waals surface area (Å²) in [5.74, 6) is 0.868. The largest absolute Gasteiger partial charge is 0.369 e. The number of fused-ring (bicyclic) bond motifs is 1. The van der Waals surface area contributed by atoms with Crippen molar-refractivity contribution >= 4 is 28.7 Å². The first-order valence-electron chi connectivity index (χ1n) is 7.39. The Morgan fingerprint density at radius 1 is 1.00 bits per heavy atom. The van der Waals surface area contributed by atoms with Gasteiger partial charge in [-0.3, -0.25) is 4.98 Å². The molecule has 0 spiro atoms. The molecule has 0 unspecified atom stereocenters. The number of thioether (sulfide) groups is 1. The number of pyridine rings is 1. The maximum atomic E-state index is 4.52. The summed E-state index contributed by atoms with van der Waals surface area (Å²) >= 11 is 1.96. The zero-order chi connectivity index (χ0) is 14.8. The van der Waals surface area contributed by atoms with Crippen LogP contribution < -0.4 is 5.32 Å². The van der Waals surface area contributed by atoms with Gasteiger partial charge in [-0.05, 0) is 37.1 Å². The molecule has 0 saturated heterocycles. The van der Waals surface area contributed by atoms with Crippen molar-refractivity contribution in [3.05, 3.63) is 54.9 Å². The second kappa shape index (κ2) is 5.57. The van der Waals surface area contributed by atoms with E-state index in [2.05, 4.69) is 50.6 Å². The molecule has 1 saturated carbocycles. The van der Waals surface area contributed by atoms with Crippen LogP contribution in [-0.2, 0) is 0 Å². The summed E-state index contributed by atoms with van der Waals surface area (Å²) in [4.78, 5) is 14.3. The first-order chi connectivity index (χ1) is 10.8. The van der Waals surface area contributed by atoms with Crippen molar-refractivity contribution in [2.75, 3.05) is 11.9 Å². The van der Waals surface area contributed by atoms with Crippen LogP contribution in [0.1, 0.15) is 12.8 Å². The van der Waals surface area contributed by atoms with Gasteiger partial charge in [0.25, 0.3) is 0 Å². The number of nitrogens with zero attached hydrogens (tertiary/aromatic N) is 3. The van der Waals surface area contributed by atoms with Gasteiger partial charge in [-0.15, -0.1) is 11.8 Å². The number of hydrogen-bond donors (Lipinski definition) is 1. The van der Waals surface area contributed by atoms with Gasteiger partial charge in [0.2, 0.25) is 0 Å². The van der Waals surface area contributed by atoms with Gasteiger partial charge in [0.05, 0.1) is 0 Å². The SMILES string of the molecule is c1ccc(SC2(CNc3ccc4nccnc4n3)CC2)cc1. The molecule has 3 aromatic rings. The highest BCUT2D eigenvalue weighted by atomic mass is 32.2. The molecule has 1 fully saturated rings. The van der Waals surface area contributed by atoms with Crippen LogP contribution in [-0.4, -0.2) is 26.2 Å². The minimum absolute atomic E-state index is 0.306. The highest BCUT2D eigenvalue weighted by Gasteiger charge is 2.43. The second-order valence-corrected chi connectivity index (χ2v) is 7.09. The van der Waals surface area contributed by atoms with Crippen LogP contribution >= 0.6 is 11.8 Å². The van der Waals surface area contributed by atoms with Crippen molar-refractivity contribution in [2.45, 2.75) is 22.5 Å². The van der Waals surface area contributed by atoms with E-state index in [9.17, 15) is 0 Å². The van der Waals surface area contributed by atoms with E-state index < -0.39 is 0 Å². The highest BCUT2D eigenvalue weighted by Crippen LogP contribution is 2.51. The number of aromatic nitrogens is 3. The predicted octanol–water partition coefficient (Wildman–Crippen LogP) is 3.76. The molecule has 0 amide bonds. The van der Waals surface area contributed by atoms with Crippen molar-refractivity contribution in [1.29, 1.82) is 0 Å². The molecule has 0 radical (unpaired) electrons.